The summed E-state index contributed by atoms with van der Waals surface area (Å²) in [5.41, 5.74) is 0.649. The van der Waals surface area contributed by atoms with Crippen LogP contribution in [0.4, 0.5) is 0 Å². The molecule has 2 nitrogen and oxygen atoms in total. The first kappa shape index (κ1) is 11.4. The van der Waals surface area contributed by atoms with Gasteiger partial charge < -0.3 is 5.11 Å². The predicted octanol–water partition coefficient (Wildman–Crippen LogP) is 3.18. The van der Waals surface area contributed by atoms with Gasteiger partial charge in [-0.2, -0.15) is 0 Å². The van der Waals surface area contributed by atoms with Gasteiger partial charge >= 0.3 is 0 Å². The van der Waals surface area contributed by atoms with E-state index in [1.54, 1.807) is 12.2 Å². The minimum atomic E-state index is -0.236. The van der Waals surface area contributed by atoms with Crippen molar-refractivity contribution < 1.29 is 9.90 Å². The number of hydrogen-bond acceptors (Lipinski definition) is 2. The van der Waals surface area contributed by atoms with Crippen molar-refractivity contribution in [3.63, 3.8) is 0 Å². The van der Waals surface area contributed by atoms with Gasteiger partial charge in [0.2, 0.25) is 5.78 Å². The Morgan fingerprint density at radius 3 is 2.41 bits per heavy atom. The van der Waals surface area contributed by atoms with Gasteiger partial charge in [-0.1, -0.05) is 60.8 Å². The predicted molar refractivity (Wildman–Crippen MR) is 68.5 cm³/mol. The monoisotopic (exact) mass is 226 g/mol. The van der Waals surface area contributed by atoms with E-state index in [2.05, 4.69) is 0 Å². The van der Waals surface area contributed by atoms with Crippen molar-refractivity contribution in [1.82, 2.24) is 0 Å². The highest BCUT2D eigenvalue weighted by molar-refractivity contribution is 5.95. The van der Waals surface area contributed by atoms with Crippen molar-refractivity contribution in [1.29, 1.82) is 0 Å². The highest BCUT2D eigenvalue weighted by atomic mass is 16.3. The number of aliphatic hydroxyl groups is 1. The largest absolute Gasteiger partial charge is 0.504 e. The molecular formula is C15H14O2. The molecule has 0 radical (unpaired) electrons. The molecule has 17 heavy (non-hydrogen) atoms. The summed E-state index contributed by atoms with van der Waals surface area (Å²) in [7, 11) is 0. The van der Waals surface area contributed by atoms with Crippen LogP contribution in [0.3, 0.4) is 0 Å². The maximum Gasteiger partial charge on any atom is 0.201 e. The number of hydrogen-bond donors (Lipinski definition) is 1. The van der Waals surface area contributed by atoms with Crippen LogP contribution in [0, 0.1) is 5.92 Å². The first-order valence-electron chi connectivity index (χ1n) is 5.60. The molecule has 0 unspecified atom stereocenters. The highest BCUT2D eigenvalue weighted by Gasteiger charge is 2.17. The van der Waals surface area contributed by atoms with E-state index in [0.717, 1.165) is 0 Å². The lowest BCUT2D eigenvalue weighted by molar-refractivity contribution is -0.117. The normalized spacial score (nSPS) is 20.6. The van der Waals surface area contributed by atoms with E-state index in [0.29, 0.717) is 5.57 Å². The zero-order valence-corrected chi connectivity index (χ0v) is 9.41. The molecule has 2 heteroatoms. The molecule has 0 saturated heterocycles. The zero-order chi connectivity index (χ0) is 12.1. The van der Waals surface area contributed by atoms with Gasteiger partial charge in [-0.25, -0.2) is 0 Å². The van der Waals surface area contributed by atoms with Gasteiger partial charge in [0, 0.05) is 17.9 Å². The molecule has 2 rings (SSSR count). The lowest BCUT2D eigenvalue weighted by Gasteiger charge is -2.12. The van der Waals surface area contributed by atoms with Crippen LogP contribution >= 0.6 is 0 Å². The van der Waals surface area contributed by atoms with Crippen LogP contribution in [-0.2, 0) is 4.79 Å². The van der Waals surface area contributed by atoms with Crippen LogP contribution < -0.4 is 0 Å². The summed E-state index contributed by atoms with van der Waals surface area (Å²) in [6, 6.07) is 0. The summed E-state index contributed by atoms with van der Waals surface area (Å²) in [5, 5.41) is 9.94. The molecule has 0 atom stereocenters. The second-order valence-corrected chi connectivity index (χ2v) is 3.90. The fourth-order valence-corrected chi connectivity index (χ4v) is 1.79. The molecule has 2 aliphatic carbocycles. The van der Waals surface area contributed by atoms with E-state index in [1.807, 2.05) is 48.6 Å². The average Bonchev–Trinajstić information content (AvgIpc) is 2.59. The van der Waals surface area contributed by atoms with Crippen molar-refractivity contribution in [2.24, 2.45) is 5.92 Å². The summed E-state index contributed by atoms with van der Waals surface area (Å²) in [6.45, 7) is 0. The molecule has 0 aromatic heterocycles. The Bertz CT molecular complexity index is 469. The Labute approximate surface area is 101 Å². The average molecular weight is 226 g/mol. The first-order valence-corrected chi connectivity index (χ1v) is 5.60. The van der Waals surface area contributed by atoms with E-state index in [9.17, 15) is 9.90 Å². The molecule has 0 aliphatic heterocycles. The van der Waals surface area contributed by atoms with Crippen LogP contribution in [0.25, 0.3) is 0 Å². The maximum absolute atomic E-state index is 11.6. The van der Waals surface area contributed by atoms with Gasteiger partial charge in [0.25, 0.3) is 0 Å². The fourth-order valence-electron chi connectivity index (χ4n) is 1.79. The lowest BCUT2D eigenvalue weighted by Crippen LogP contribution is -2.09. The van der Waals surface area contributed by atoms with Gasteiger partial charge in [-0.05, 0) is 0 Å². The minimum absolute atomic E-state index is 0.0586. The quantitative estimate of drug-likeness (QED) is 0.745. The van der Waals surface area contributed by atoms with Crippen molar-refractivity contribution in [3.05, 3.63) is 72.1 Å². The summed E-state index contributed by atoms with van der Waals surface area (Å²) in [6.07, 6.45) is 19.0. The Hall–Kier alpha value is -2.09. The molecule has 1 N–H and O–H groups in total. The Morgan fingerprint density at radius 2 is 1.71 bits per heavy atom. The number of carbonyl (C=O) groups is 1. The van der Waals surface area contributed by atoms with Crippen molar-refractivity contribution in [2.75, 3.05) is 0 Å². The molecule has 0 amide bonds. The van der Waals surface area contributed by atoms with Gasteiger partial charge in [-0.15, -0.1) is 0 Å². The molecule has 0 bridgehead atoms. The van der Waals surface area contributed by atoms with Crippen molar-refractivity contribution in [2.45, 2.75) is 6.42 Å². The highest BCUT2D eigenvalue weighted by Crippen LogP contribution is 2.23. The van der Waals surface area contributed by atoms with Crippen molar-refractivity contribution in [3.8, 4) is 0 Å². The van der Waals surface area contributed by atoms with E-state index < -0.39 is 0 Å². The van der Waals surface area contributed by atoms with Crippen LogP contribution in [0.2, 0.25) is 0 Å². The van der Waals surface area contributed by atoms with Crippen LogP contribution in [0.1, 0.15) is 6.42 Å². The van der Waals surface area contributed by atoms with Gasteiger partial charge in [0.15, 0.2) is 5.76 Å². The van der Waals surface area contributed by atoms with Gasteiger partial charge in [-0.3, -0.25) is 4.79 Å². The maximum atomic E-state index is 11.6. The third-order valence-electron chi connectivity index (χ3n) is 2.69. The topological polar surface area (TPSA) is 37.3 Å². The van der Waals surface area contributed by atoms with Crippen LogP contribution in [0.15, 0.2) is 72.1 Å². The van der Waals surface area contributed by atoms with E-state index in [1.165, 1.54) is 0 Å². The Balaban J connectivity index is 2.39. The third kappa shape index (κ3) is 2.72. The lowest BCUT2D eigenvalue weighted by atomic mass is 9.93. The van der Waals surface area contributed by atoms with Crippen LogP contribution in [0.5, 0.6) is 0 Å². The first-order chi connectivity index (χ1) is 8.29. The smallest absolute Gasteiger partial charge is 0.201 e. The molecule has 86 valence electrons. The van der Waals surface area contributed by atoms with Gasteiger partial charge in [0.1, 0.15) is 0 Å². The van der Waals surface area contributed by atoms with E-state index in [-0.39, 0.29) is 23.9 Å². The molecular weight excluding hydrogens is 212 g/mol. The minimum Gasteiger partial charge on any atom is -0.504 e. The van der Waals surface area contributed by atoms with Crippen molar-refractivity contribution >= 4 is 5.78 Å². The number of aliphatic hydroxyl groups excluding tert-OH is 1. The molecule has 0 saturated carbocycles. The van der Waals surface area contributed by atoms with E-state index in [4.69, 9.17) is 0 Å². The third-order valence-corrected chi connectivity index (χ3v) is 2.69. The SMILES string of the molecule is O=C1CC=CC=CC(C2C=CC=CC=C2)=C1O. The molecule has 0 spiro atoms. The Kier molecular flexibility index (Phi) is 3.55. The molecule has 0 heterocycles. The van der Waals surface area contributed by atoms with Crippen LogP contribution in [-0.4, -0.2) is 10.9 Å². The summed E-state index contributed by atoms with van der Waals surface area (Å²) >= 11 is 0. The van der Waals surface area contributed by atoms with E-state index >= 15 is 0 Å². The number of ketones is 1. The molecule has 0 fully saturated rings. The standard InChI is InChI=1S/C15H14O2/c16-14-11-7-3-6-10-13(15(14)17)12-8-4-1-2-5-9-12/h1-10,12,17H,11H2. The molecule has 0 aromatic rings. The Morgan fingerprint density at radius 1 is 1.00 bits per heavy atom. The number of Topliss-reactive ketones (excluding diaryl/α,β-unsaturated/α-hetero) is 1. The van der Waals surface area contributed by atoms with Gasteiger partial charge in [0.05, 0.1) is 0 Å². The summed E-state index contributed by atoms with van der Waals surface area (Å²) in [5.74, 6) is -0.428. The second-order valence-electron chi connectivity index (χ2n) is 3.90. The molecule has 0 aromatic carbocycles. The zero-order valence-electron chi connectivity index (χ0n) is 9.41. The number of allylic oxidation sites excluding steroid dienone is 12. The fraction of sp³-hybridized carbons (Fsp3) is 0.133. The second kappa shape index (κ2) is 5.30. The summed E-state index contributed by atoms with van der Waals surface area (Å²) in [4.78, 5) is 11.6. The summed E-state index contributed by atoms with van der Waals surface area (Å²) < 4.78 is 0. The number of carbonyl (C=O) groups excluding carboxylic acids is 1. The number of rotatable bonds is 1. The molecule has 2 aliphatic rings.